The lowest BCUT2D eigenvalue weighted by Crippen LogP contribution is -2.57. The van der Waals surface area contributed by atoms with Crippen molar-refractivity contribution >= 4 is 58.1 Å². The molecule has 1 saturated carbocycles. The Bertz CT molecular complexity index is 905. The van der Waals surface area contributed by atoms with Gasteiger partial charge in [-0.3, -0.25) is 29.0 Å². The highest BCUT2D eigenvalue weighted by molar-refractivity contribution is 6.87. The summed E-state index contributed by atoms with van der Waals surface area (Å²) in [6.07, 6.45) is 3.53. The van der Waals surface area contributed by atoms with Gasteiger partial charge < -0.3 is 12.3 Å². The second kappa shape index (κ2) is 11.9. The van der Waals surface area contributed by atoms with Gasteiger partial charge in [-0.25, -0.2) is 0 Å². The van der Waals surface area contributed by atoms with Crippen LogP contribution in [0.4, 0.5) is 0 Å². The molecule has 3 fully saturated rings. The fourth-order valence-corrected chi connectivity index (χ4v) is 22.8. The molecular weight excluding hydrogens is 553 g/mol. The first-order chi connectivity index (χ1) is 17.5. The van der Waals surface area contributed by atoms with Crippen LogP contribution in [0.1, 0.15) is 39.0 Å². The van der Waals surface area contributed by atoms with E-state index in [2.05, 4.69) is 46.2 Å². The minimum atomic E-state index is -2.83. The minimum Gasteiger partial charge on any atom is -0.420 e. The van der Waals surface area contributed by atoms with Gasteiger partial charge in [-0.05, 0) is 70.6 Å². The third-order valence-corrected chi connectivity index (χ3v) is 22.2. The van der Waals surface area contributed by atoms with Gasteiger partial charge in [-0.1, -0.05) is 19.8 Å². The van der Waals surface area contributed by atoms with Gasteiger partial charge in [0, 0.05) is 20.1 Å². The van der Waals surface area contributed by atoms with Crippen LogP contribution in [-0.4, -0.2) is 81.5 Å². The summed E-state index contributed by atoms with van der Waals surface area (Å²) in [6, 6.07) is 1.86. The largest absolute Gasteiger partial charge is 0.466 e. The van der Waals surface area contributed by atoms with Crippen LogP contribution in [0.3, 0.4) is 0 Å². The number of imide groups is 2. The summed E-state index contributed by atoms with van der Waals surface area (Å²) in [5.74, 6) is -2.73. The Morgan fingerprint density at radius 3 is 1.61 bits per heavy atom. The fraction of sp³-hybridized carbons (Fsp3) is 0.840. The molecular formula is C25H48N2O7Si4. The first-order valence-electron chi connectivity index (χ1n) is 14.3. The maximum Gasteiger partial charge on any atom is 0.466 e. The first-order valence-corrected chi connectivity index (χ1v) is 25.5. The molecule has 0 aromatic rings. The van der Waals surface area contributed by atoms with Crippen LogP contribution in [-0.2, 0) is 31.5 Å². The number of hydrogen-bond donors (Lipinski definition) is 0. The zero-order valence-corrected chi connectivity index (χ0v) is 29.0. The Kier molecular flexibility index (Phi) is 9.86. The summed E-state index contributed by atoms with van der Waals surface area (Å²) in [7, 11) is -6.89. The SMILES string of the molecule is CCCC[Si](C)(C)O[Si](C)(O[SiH](C)C)O[Si](C)(C)CCCN1C(=O)C2CC3C(=O)N(C)C(=O)C3CC2C1=O. The molecule has 2 heterocycles. The molecule has 9 nitrogen and oxygen atoms in total. The average molecular weight is 601 g/mol. The molecule has 13 heteroatoms. The average Bonchev–Trinajstić information content (AvgIpc) is 3.14. The molecule has 0 spiro atoms. The molecule has 3 aliphatic rings. The number of hydrogen-bond acceptors (Lipinski definition) is 7. The summed E-state index contributed by atoms with van der Waals surface area (Å²) in [6.45, 7) is 17.7. The molecule has 0 N–H and O–H groups in total. The second-order valence-electron chi connectivity index (χ2n) is 12.9. The molecule has 0 radical (unpaired) electrons. The predicted molar refractivity (Wildman–Crippen MR) is 156 cm³/mol. The monoisotopic (exact) mass is 600 g/mol. The van der Waals surface area contributed by atoms with Crippen LogP contribution in [0.2, 0.25) is 57.9 Å². The number of unbranched alkanes of at least 4 members (excludes halogenated alkanes) is 1. The van der Waals surface area contributed by atoms with Crippen LogP contribution < -0.4 is 0 Å². The minimum absolute atomic E-state index is 0.186. The van der Waals surface area contributed by atoms with Crippen molar-refractivity contribution in [1.82, 2.24) is 9.80 Å². The van der Waals surface area contributed by atoms with Gasteiger partial charge in [0.2, 0.25) is 23.6 Å². The standard InChI is InChI=1S/C25H48N2O7Si4/c1-10-11-14-36(5,6)33-38(9,32-35(3)4)34-37(7,8)15-12-13-27-24(30)20-16-18-19(17-21(20)25(27)31)23(29)26(2)22(18)28/h18-21,35H,10-17H2,1-9H3. The molecule has 4 amide bonds. The van der Waals surface area contributed by atoms with Crippen molar-refractivity contribution < 1.29 is 31.5 Å². The van der Waals surface area contributed by atoms with E-state index in [1.807, 2.05) is 6.55 Å². The molecule has 0 aromatic heterocycles. The molecule has 0 bridgehead atoms. The van der Waals surface area contributed by atoms with Crippen LogP contribution in [0, 0.1) is 23.7 Å². The number of fused-ring (bicyclic) bond motifs is 2. The smallest absolute Gasteiger partial charge is 0.420 e. The van der Waals surface area contributed by atoms with Crippen LogP contribution in [0.25, 0.3) is 0 Å². The second-order valence-corrected chi connectivity index (χ2v) is 27.4. The highest BCUT2D eigenvalue weighted by Gasteiger charge is 2.58. The molecule has 2 saturated heterocycles. The molecule has 216 valence electrons. The van der Waals surface area contributed by atoms with Crippen molar-refractivity contribution in [3.8, 4) is 0 Å². The van der Waals surface area contributed by atoms with Crippen LogP contribution in [0.15, 0.2) is 0 Å². The third-order valence-electron chi connectivity index (χ3n) is 8.12. The Hall–Kier alpha value is -0.972. The predicted octanol–water partition coefficient (Wildman–Crippen LogP) is 3.81. The van der Waals surface area contributed by atoms with Gasteiger partial charge in [0.15, 0.2) is 25.7 Å². The highest BCUT2D eigenvalue weighted by atomic mass is 28.5. The normalized spacial score (nSPS) is 27.8. The first kappa shape index (κ1) is 31.6. The highest BCUT2D eigenvalue weighted by Crippen LogP contribution is 2.47. The van der Waals surface area contributed by atoms with Crippen molar-refractivity contribution in [3.05, 3.63) is 0 Å². The maximum atomic E-state index is 13.2. The van der Waals surface area contributed by atoms with Crippen LogP contribution >= 0.6 is 0 Å². The van der Waals surface area contributed by atoms with E-state index in [9.17, 15) is 19.2 Å². The Morgan fingerprint density at radius 1 is 0.763 bits per heavy atom. The number of rotatable bonds is 13. The summed E-state index contributed by atoms with van der Waals surface area (Å²) in [5.41, 5.74) is 0. The van der Waals surface area contributed by atoms with Gasteiger partial charge in [-0.15, -0.1) is 0 Å². The number of amides is 4. The van der Waals surface area contributed by atoms with Crippen LogP contribution in [0.5, 0.6) is 0 Å². The quantitative estimate of drug-likeness (QED) is 0.234. The molecule has 1 aliphatic carbocycles. The zero-order valence-electron chi connectivity index (χ0n) is 24.8. The number of carbonyl (C=O) groups excluding carboxylic acids is 4. The van der Waals surface area contributed by atoms with Crippen molar-refractivity contribution in [1.29, 1.82) is 0 Å². The molecule has 5 unspecified atom stereocenters. The molecule has 2 aliphatic heterocycles. The van der Waals surface area contributed by atoms with E-state index in [-0.39, 0.29) is 23.6 Å². The number of nitrogens with zero attached hydrogens (tertiary/aromatic N) is 2. The van der Waals surface area contributed by atoms with Gasteiger partial charge in [0.05, 0.1) is 23.7 Å². The van der Waals surface area contributed by atoms with Crippen molar-refractivity contribution in [2.75, 3.05) is 13.6 Å². The summed E-state index contributed by atoms with van der Waals surface area (Å²) >= 11 is 0. The van der Waals surface area contributed by atoms with Gasteiger partial charge in [-0.2, -0.15) is 0 Å². The molecule has 38 heavy (non-hydrogen) atoms. The number of carbonyl (C=O) groups is 4. The zero-order chi connectivity index (χ0) is 28.6. The van der Waals surface area contributed by atoms with E-state index >= 15 is 0 Å². The lowest BCUT2D eigenvalue weighted by molar-refractivity contribution is -0.139. The van der Waals surface area contributed by atoms with E-state index in [4.69, 9.17) is 12.3 Å². The lowest BCUT2D eigenvalue weighted by Gasteiger charge is -2.40. The topological polar surface area (TPSA) is 102 Å². The molecule has 3 rings (SSSR count). The Labute approximate surface area is 233 Å². The number of likely N-dealkylation sites (tertiary alicyclic amines) is 2. The summed E-state index contributed by atoms with van der Waals surface area (Å²) < 4.78 is 20.0. The molecule has 0 aromatic carbocycles. The van der Waals surface area contributed by atoms with E-state index in [1.165, 1.54) is 11.9 Å². The van der Waals surface area contributed by atoms with E-state index in [1.54, 1.807) is 0 Å². The van der Waals surface area contributed by atoms with Gasteiger partial charge in [0.1, 0.15) is 0 Å². The third kappa shape index (κ3) is 7.02. The van der Waals surface area contributed by atoms with E-state index in [0.29, 0.717) is 25.8 Å². The Balaban J connectivity index is 1.60. The fourth-order valence-electron chi connectivity index (χ4n) is 6.50. The molecule has 5 atom stereocenters. The Morgan fingerprint density at radius 2 is 1.18 bits per heavy atom. The van der Waals surface area contributed by atoms with Crippen molar-refractivity contribution in [2.45, 2.75) is 96.9 Å². The lowest BCUT2D eigenvalue weighted by atomic mass is 9.70. The van der Waals surface area contributed by atoms with Gasteiger partial charge >= 0.3 is 8.80 Å². The summed E-state index contributed by atoms with van der Waals surface area (Å²) in [4.78, 5) is 53.9. The summed E-state index contributed by atoms with van der Waals surface area (Å²) in [5, 5.41) is 0. The van der Waals surface area contributed by atoms with Crippen molar-refractivity contribution in [2.24, 2.45) is 23.7 Å². The van der Waals surface area contributed by atoms with E-state index in [0.717, 1.165) is 29.8 Å². The van der Waals surface area contributed by atoms with E-state index < -0.39 is 58.2 Å². The van der Waals surface area contributed by atoms with Gasteiger partial charge in [0.25, 0.3) is 0 Å². The maximum absolute atomic E-state index is 13.2. The van der Waals surface area contributed by atoms with Crippen molar-refractivity contribution in [3.63, 3.8) is 0 Å².